The zero-order valence-electron chi connectivity index (χ0n) is 14.8. The molecular weight excluding hydrogens is 414 g/mol. The molecule has 1 saturated heterocycles. The number of nitrogens with zero attached hydrogens (tertiary/aromatic N) is 1. The van der Waals surface area contributed by atoms with Crippen LogP contribution in [0.3, 0.4) is 0 Å². The summed E-state index contributed by atoms with van der Waals surface area (Å²) in [6.07, 6.45) is 2.45. The number of benzene rings is 2. The second-order valence-electron chi connectivity index (χ2n) is 6.75. The van der Waals surface area contributed by atoms with E-state index in [1.807, 2.05) is 18.2 Å². The largest absolute Gasteiger partial charge is 0.497 e. The molecule has 4 rings (SSSR count). The predicted octanol–water partition coefficient (Wildman–Crippen LogP) is 6.01. The van der Waals surface area contributed by atoms with Crippen LogP contribution in [0.2, 0.25) is 0 Å². The van der Waals surface area contributed by atoms with Crippen LogP contribution in [-0.4, -0.2) is 25.1 Å². The summed E-state index contributed by atoms with van der Waals surface area (Å²) < 4.78 is 12.5. The molecule has 1 aromatic heterocycles. The number of hydrogen-bond acceptors (Lipinski definition) is 3. The smallest absolute Gasteiger partial charge is 0.134 e. The molecule has 0 aliphatic carbocycles. The maximum atomic E-state index is 6.02. The Balaban J connectivity index is 0.00000196. The fourth-order valence-corrected chi connectivity index (χ4v) is 4.11. The van der Waals surface area contributed by atoms with Gasteiger partial charge in [-0.3, -0.25) is 4.90 Å². The van der Waals surface area contributed by atoms with Crippen molar-refractivity contribution in [1.82, 2.24) is 4.90 Å². The number of furan rings is 1. The van der Waals surface area contributed by atoms with Gasteiger partial charge in [-0.05, 0) is 67.3 Å². The van der Waals surface area contributed by atoms with Crippen LogP contribution in [0.5, 0.6) is 5.75 Å². The number of rotatable bonds is 4. The summed E-state index contributed by atoms with van der Waals surface area (Å²) in [6.45, 7) is 3.06. The van der Waals surface area contributed by atoms with Crippen LogP contribution in [0.15, 0.2) is 57.4 Å². The van der Waals surface area contributed by atoms with Crippen molar-refractivity contribution in [2.24, 2.45) is 0 Å². The molecule has 5 heteroatoms. The molecule has 0 N–H and O–H groups in total. The molecular formula is C21H23BrClNO2. The standard InChI is InChI=1S/C21H22BrNO2.ClH/c1-24-19-6-2-4-15(11-19)16-5-3-9-23(13-16)14-20-12-17-10-18(22)7-8-21(17)25-20;/h2,4,6-8,10-12,16H,3,5,9,13-14H2,1H3;1H. The fourth-order valence-electron chi connectivity index (χ4n) is 3.73. The highest BCUT2D eigenvalue weighted by Gasteiger charge is 2.22. The van der Waals surface area contributed by atoms with Crippen molar-refractivity contribution in [2.75, 3.05) is 20.2 Å². The van der Waals surface area contributed by atoms with E-state index in [1.165, 1.54) is 18.4 Å². The van der Waals surface area contributed by atoms with Gasteiger partial charge in [-0.25, -0.2) is 0 Å². The molecule has 2 aromatic carbocycles. The minimum atomic E-state index is 0. The van der Waals surface area contributed by atoms with Gasteiger partial charge in [-0.2, -0.15) is 0 Å². The maximum absolute atomic E-state index is 6.02. The van der Waals surface area contributed by atoms with Crippen molar-refractivity contribution in [3.63, 3.8) is 0 Å². The topological polar surface area (TPSA) is 25.6 Å². The molecule has 0 saturated carbocycles. The SMILES string of the molecule is COc1cccc(C2CCCN(Cc3cc4cc(Br)ccc4o3)C2)c1.Cl. The Morgan fingerprint density at radius 2 is 2.08 bits per heavy atom. The van der Waals surface area contributed by atoms with E-state index in [0.29, 0.717) is 5.92 Å². The Bertz CT molecular complexity index is 879. The number of hydrogen-bond donors (Lipinski definition) is 0. The molecule has 3 nitrogen and oxygen atoms in total. The minimum Gasteiger partial charge on any atom is -0.497 e. The quantitative estimate of drug-likeness (QED) is 0.501. The average molecular weight is 437 g/mol. The molecule has 3 aromatic rings. The van der Waals surface area contributed by atoms with Crippen molar-refractivity contribution in [2.45, 2.75) is 25.3 Å². The van der Waals surface area contributed by atoms with Gasteiger partial charge in [0, 0.05) is 16.4 Å². The normalized spacial score (nSPS) is 17.8. The summed E-state index contributed by atoms with van der Waals surface area (Å²) in [5, 5.41) is 1.16. The van der Waals surface area contributed by atoms with Gasteiger partial charge in [0.1, 0.15) is 17.1 Å². The van der Waals surface area contributed by atoms with E-state index in [4.69, 9.17) is 9.15 Å². The number of likely N-dealkylation sites (tertiary alicyclic amines) is 1. The summed E-state index contributed by atoms with van der Waals surface area (Å²) in [6, 6.07) is 16.8. The molecule has 0 spiro atoms. The third-order valence-electron chi connectivity index (χ3n) is 4.98. The maximum Gasteiger partial charge on any atom is 0.134 e. The van der Waals surface area contributed by atoms with E-state index < -0.39 is 0 Å². The van der Waals surface area contributed by atoms with Crippen LogP contribution in [0.1, 0.15) is 30.1 Å². The van der Waals surface area contributed by atoms with Crippen molar-refractivity contribution in [1.29, 1.82) is 0 Å². The number of ether oxygens (including phenoxy) is 1. The molecule has 1 unspecified atom stereocenters. The third kappa shape index (κ3) is 4.25. The van der Waals surface area contributed by atoms with Gasteiger partial charge in [0.05, 0.1) is 13.7 Å². The Morgan fingerprint density at radius 3 is 2.92 bits per heavy atom. The molecule has 1 fully saturated rings. The Morgan fingerprint density at radius 1 is 1.19 bits per heavy atom. The van der Waals surface area contributed by atoms with Gasteiger partial charge in [0.25, 0.3) is 0 Å². The van der Waals surface area contributed by atoms with Crippen molar-refractivity contribution in [3.8, 4) is 5.75 Å². The second kappa shape index (κ2) is 8.47. The van der Waals surface area contributed by atoms with Crippen LogP contribution in [0.4, 0.5) is 0 Å². The minimum absolute atomic E-state index is 0. The molecule has 0 radical (unpaired) electrons. The molecule has 26 heavy (non-hydrogen) atoms. The van der Waals surface area contributed by atoms with E-state index in [-0.39, 0.29) is 12.4 Å². The van der Waals surface area contributed by atoms with Gasteiger partial charge in [-0.1, -0.05) is 28.1 Å². The van der Waals surface area contributed by atoms with Gasteiger partial charge in [0.2, 0.25) is 0 Å². The van der Waals surface area contributed by atoms with E-state index >= 15 is 0 Å². The van der Waals surface area contributed by atoms with Gasteiger partial charge in [0.15, 0.2) is 0 Å². The lowest BCUT2D eigenvalue weighted by molar-refractivity contribution is 0.188. The first-order chi connectivity index (χ1) is 12.2. The van der Waals surface area contributed by atoms with Gasteiger partial charge < -0.3 is 9.15 Å². The molecule has 138 valence electrons. The van der Waals surface area contributed by atoms with Crippen LogP contribution >= 0.6 is 28.3 Å². The number of piperidine rings is 1. The van der Waals surface area contributed by atoms with Crippen molar-refractivity contribution >= 4 is 39.3 Å². The Kier molecular flexibility index (Phi) is 6.28. The first-order valence-corrected chi connectivity index (χ1v) is 9.55. The molecule has 1 atom stereocenters. The Hall–Kier alpha value is -1.49. The zero-order chi connectivity index (χ0) is 17.2. The van der Waals surface area contributed by atoms with Crippen molar-refractivity contribution in [3.05, 3.63) is 64.3 Å². The average Bonchev–Trinajstić information content (AvgIpc) is 3.03. The number of methoxy groups -OCH3 is 1. The molecule has 1 aliphatic heterocycles. The van der Waals surface area contributed by atoms with Gasteiger partial charge in [-0.15, -0.1) is 12.4 Å². The van der Waals surface area contributed by atoms with E-state index in [9.17, 15) is 0 Å². The van der Waals surface area contributed by atoms with E-state index in [0.717, 1.165) is 46.6 Å². The third-order valence-corrected chi connectivity index (χ3v) is 5.47. The van der Waals surface area contributed by atoms with Crippen LogP contribution in [0.25, 0.3) is 11.0 Å². The molecule has 1 aliphatic rings. The number of fused-ring (bicyclic) bond motifs is 1. The highest BCUT2D eigenvalue weighted by molar-refractivity contribution is 9.10. The summed E-state index contributed by atoms with van der Waals surface area (Å²) in [7, 11) is 1.73. The summed E-state index contributed by atoms with van der Waals surface area (Å²) in [5.41, 5.74) is 2.33. The summed E-state index contributed by atoms with van der Waals surface area (Å²) >= 11 is 3.52. The first kappa shape index (κ1) is 19.3. The van der Waals surface area contributed by atoms with Crippen molar-refractivity contribution < 1.29 is 9.15 Å². The highest BCUT2D eigenvalue weighted by atomic mass is 79.9. The van der Waals surface area contributed by atoms with E-state index in [2.05, 4.69) is 51.2 Å². The van der Waals surface area contributed by atoms with Crippen LogP contribution < -0.4 is 4.74 Å². The van der Waals surface area contributed by atoms with Gasteiger partial charge >= 0.3 is 0 Å². The lowest BCUT2D eigenvalue weighted by atomic mass is 9.90. The van der Waals surface area contributed by atoms with E-state index in [1.54, 1.807) is 7.11 Å². The fraction of sp³-hybridized carbons (Fsp3) is 0.333. The lowest BCUT2D eigenvalue weighted by Crippen LogP contribution is -2.33. The molecule has 2 heterocycles. The summed E-state index contributed by atoms with van der Waals surface area (Å²) in [4.78, 5) is 2.50. The van der Waals surface area contributed by atoms with Crippen LogP contribution in [0, 0.1) is 0 Å². The lowest BCUT2D eigenvalue weighted by Gasteiger charge is -2.32. The predicted molar refractivity (Wildman–Crippen MR) is 111 cm³/mol. The second-order valence-corrected chi connectivity index (χ2v) is 7.66. The molecule has 0 amide bonds. The highest BCUT2D eigenvalue weighted by Crippen LogP contribution is 2.31. The first-order valence-electron chi connectivity index (χ1n) is 8.75. The summed E-state index contributed by atoms with van der Waals surface area (Å²) in [5.74, 6) is 2.54. The Labute approximate surface area is 168 Å². The monoisotopic (exact) mass is 435 g/mol. The van der Waals surface area contributed by atoms with Crippen LogP contribution in [-0.2, 0) is 6.54 Å². The molecule has 0 bridgehead atoms. The zero-order valence-corrected chi connectivity index (χ0v) is 17.2. The number of halogens is 2.